The molecule has 0 unspecified atom stereocenters. The largest absolute Gasteiger partial charge is 0.360 e. The molecule has 2 atom stereocenters. The Bertz CT molecular complexity index is 435. The molecule has 0 radical (unpaired) electrons. The number of hydrogen-bond acceptors (Lipinski definition) is 5. The van der Waals surface area contributed by atoms with E-state index in [2.05, 4.69) is 21.6 Å². The monoisotopic (exact) mass is 283 g/mol. The number of nitrogens with zero attached hydrogens (tertiary/aromatic N) is 2. The van der Waals surface area contributed by atoms with E-state index < -0.39 is 0 Å². The smallest absolute Gasteiger partial charge is 0.239 e. The van der Waals surface area contributed by atoms with Crippen LogP contribution >= 0.6 is 11.8 Å². The van der Waals surface area contributed by atoms with Gasteiger partial charge in [-0.15, -0.1) is 0 Å². The molecule has 1 saturated carbocycles. The highest BCUT2D eigenvalue weighted by molar-refractivity contribution is 7.99. The van der Waals surface area contributed by atoms with Crippen LogP contribution in [0.15, 0.2) is 10.6 Å². The van der Waals surface area contributed by atoms with Crippen molar-refractivity contribution in [1.29, 1.82) is 0 Å². The first-order valence-electron chi connectivity index (χ1n) is 6.54. The van der Waals surface area contributed by atoms with E-state index in [1.54, 1.807) is 13.0 Å². The normalized spacial score (nSPS) is 22.9. The van der Waals surface area contributed by atoms with Gasteiger partial charge in [-0.05, 0) is 39.5 Å². The number of hydrogen-bond donors (Lipinski definition) is 1. The minimum atomic E-state index is -0.0385. The molecule has 1 aromatic rings. The van der Waals surface area contributed by atoms with Crippen molar-refractivity contribution in [3.05, 3.63) is 11.8 Å². The summed E-state index contributed by atoms with van der Waals surface area (Å²) in [7, 11) is 2.01. The molecule has 0 spiro atoms. The molecule has 0 aromatic carbocycles. The fraction of sp³-hybridized carbons (Fsp3) is 0.692. The highest BCUT2D eigenvalue weighted by Gasteiger charge is 2.27. The molecule has 0 saturated heterocycles. The molecule has 1 fully saturated rings. The predicted molar refractivity (Wildman–Crippen MR) is 77.4 cm³/mol. The summed E-state index contributed by atoms with van der Waals surface area (Å²) in [5.74, 6) is 1.15. The first kappa shape index (κ1) is 14.4. The fourth-order valence-corrected chi connectivity index (χ4v) is 3.28. The number of rotatable bonds is 5. The van der Waals surface area contributed by atoms with Crippen LogP contribution in [0.3, 0.4) is 0 Å². The van der Waals surface area contributed by atoms with E-state index in [4.69, 9.17) is 4.52 Å². The molecule has 0 aliphatic heterocycles. The Kier molecular flexibility index (Phi) is 4.87. The van der Waals surface area contributed by atoms with E-state index in [9.17, 15) is 4.79 Å². The lowest BCUT2D eigenvalue weighted by Crippen LogP contribution is -2.36. The molecule has 1 heterocycles. The molecule has 0 bridgehead atoms. The number of carbonyl (C=O) groups excluding carboxylic acids is 1. The molecule has 106 valence electrons. The number of amides is 1. The van der Waals surface area contributed by atoms with Crippen LogP contribution in [0.25, 0.3) is 0 Å². The highest BCUT2D eigenvalue weighted by atomic mass is 32.2. The predicted octanol–water partition coefficient (Wildman–Crippen LogP) is 2.14. The zero-order chi connectivity index (χ0) is 13.8. The zero-order valence-corrected chi connectivity index (χ0v) is 12.5. The minimum Gasteiger partial charge on any atom is -0.360 e. The van der Waals surface area contributed by atoms with Crippen molar-refractivity contribution in [1.82, 2.24) is 10.1 Å². The summed E-state index contributed by atoms with van der Waals surface area (Å²) in [5, 5.41) is 7.25. The Morgan fingerprint density at radius 1 is 1.63 bits per heavy atom. The molecular formula is C13H21N3O2S. The summed E-state index contributed by atoms with van der Waals surface area (Å²) in [6.07, 6.45) is 5.76. The Balaban J connectivity index is 1.79. The third-order valence-electron chi connectivity index (χ3n) is 3.60. The molecule has 19 heavy (non-hydrogen) atoms. The van der Waals surface area contributed by atoms with Crippen LogP contribution in [0.4, 0.5) is 5.82 Å². The molecule has 6 heteroatoms. The lowest BCUT2D eigenvalue weighted by atomic mass is 10.2. The number of thioether (sulfide) groups is 1. The van der Waals surface area contributed by atoms with E-state index in [0.717, 1.165) is 5.25 Å². The second-order valence-electron chi connectivity index (χ2n) is 5.11. The van der Waals surface area contributed by atoms with Gasteiger partial charge in [0.15, 0.2) is 5.82 Å². The van der Waals surface area contributed by atoms with Gasteiger partial charge >= 0.3 is 0 Å². The van der Waals surface area contributed by atoms with E-state index >= 15 is 0 Å². The van der Waals surface area contributed by atoms with Crippen LogP contribution in [0, 0.1) is 6.92 Å². The van der Waals surface area contributed by atoms with Crippen LogP contribution < -0.4 is 5.32 Å². The number of nitrogens with one attached hydrogen (secondary N) is 1. The molecule has 1 N–H and O–H groups in total. The van der Waals surface area contributed by atoms with Gasteiger partial charge in [-0.2, -0.15) is 11.8 Å². The van der Waals surface area contributed by atoms with Gasteiger partial charge < -0.3 is 9.84 Å². The summed E-state index contributed by atoms with van der Waals surface area (Å²) < 4.78 is 4.92. The van der Waals surface area contributed by atoms with Crippen molar-refractivity contribution in [3.8, 4) is 0 Å². The van der Waals surface area contributed by atoms with Crippen LogP contribution in [-0.2, 0) is 4.79 Å². The number of carbonyl (C=O) groups is 1. The Morgan fingerprint density at radius 2 is 2.42 bits per heavy atom. The summed E-state index contributed by atoms with van der Waals surface area (Å²) in [4.78, 5) is 14.0. The highest BCUT2D eigenvalue weighted by Crippen LogP contribution is 2.30. The fourth-order valence-electron chi connectivity index (χ4n) is 2.50. The molecule has 1 aromatic heterocycles. The van der Waals surface area contributed by atoms with Crippen LogP contribution in [0.2, 0.25) is 0 Å². The molecule has 1 aliphatic rings. The summed E-state index contributed by atoms with van der Waals surface area (Å²) in [5.41, 5.74) is 0. The molecular weight excluding hydrogens is 262 g/mol. The first-order chi connectivity index (χ1) is 9.08. The van der Waals surface area contributed by atoms with Crippen molar-refractivity contribution in [2.45, 2.75) is 37.5 Å². The second-order valence-corrected chi connectivity index (χ2v) is 6.25. The zero-order valence-electron chi connectivity index (χ0n) is 11.7. The van der Waals surface area contributed by atoms with Crippen molar-refractivity contribution < 1.29 is 9.32 Å². The SMILES string of the molecule is CS[C@@H]1CC[C@H](N(C)CC(=O)Nc2cc(C)on2)C1. The maximum absolute atomic E-state index is 11.9. The maximum Gasteiger partial charge on any atom is 0.239 e. The first-order valence-corrected chi connectivity index (χ1v) is 7.83. The van der Waals surface area contributed by atoms with E-state index in [0.29, 0.717) is 24.2 Å². The van der Waals surface area contributed by atoms with Crippen molar-refractivity contribution in [3.63, 3.8) is 0 Å². The minimum absolute atomic E-state index is 0.0385. The third kappa shape index (κ3) is 3.98. The van der Waals surface area contributed by atoms with Crippen molar-refractivity contribution in [2.24, 2.45) is 0 Å². The van der Waals surface area contributed by atoms with E-state index in [-0.39, 0.29) is 5.91 Å². The standard InChI is InChI=1S/C13H21N3O2S/c1-9-6-12(15-18-9)14-13(17)8-16(2)10-4-5-11(7-10)19-3/h6,10-11H,4-5,7-8H2,1-3H3,(H,14,15,17)/t10-,11+/m0/s1. The third-order valence-corrected chi connectivity index (χ3v) is 4.70. The lowest BCUT2D eigenvalue weighted by Gasteiger charge is -2.23. The van der Waals surface area contributed by atoms with Gasteiger partial charge in [-0.1, -0.05) is 5.16 Å². The Morgan fingerprint density at radius 3 is 3.00 bits per heavy atom. The summed E-state index contributed by atoms with van der Waals surface area (Å²) >= 11 is 1.93. The van der Waals surface area contributed by atoms with Crippen LogP contribution in [0.1, 0.15) is 25.0 Å². The molecule has 2 rings (SSSR count). The number of aryl methyl sites for hydroxylation is 1. The van der Waals surface area contributed by atoms with Gasteiger partial charge in [-0.3, -0.25) is 9.69 Å². The topological polar surface area (TPSA) is 58.4 Å². The second kappa shape index (κ2) is 6.43. The molecule has 5 nitrogen and oxygen atoms in total. The quantitative estimate of drug-likeness (QED) is 0.897. The number of aromatic nitrogens is 1. The van der Waals surface area contributed by atoms with Gasteiger partial charge in [0.05, 0.1) is 6.54 Å². The Labute approximate surface area is 118 Å². The summed E-state index contributed by atoms with van der Waals surface area (Å²) in [6, 6.07) is 2.24. The van der Waals surface area contributed by atoms with Gasteiger partial charge in [0.1, 0.15) is 5.76 Å². The number of anilines is 1. The molecule has 1 aliphatic carbocycles. The van der Waals surface area contributed by atoms with Crippen LogP contribution in [-0.4, -0.2) is 47.1 Å². The van der Waals surface area contributed by atoms with E-state index in [1.165, 1.54) is 19.3 Å². The summed E-state index contributed by atoms with van der Waals surface area (Å²) in [6.45, 7) is 2.20. The maximum atomic E-state index is 11.9. The van der Waals surface area contributed by atoms with Gasteiger partial charge in [0.25, 0.3) is 0 Å². The van der Waals surface area contributed by atoms with Crippen molar-refractivity contribution in [2.75, 3.05) is 25.2 Å². The molecule has 1 amide bonds. The average molecular weight is 283 g/mol. The van der Waals surface area contributed by atoms with Gasteiger partial charge in [0.2, 0.25) is 5.91 Å². The lowest BCUT2D eigenvalue weighted by molar-refractivity contribution is -0.117. The number of likely N-dealkylation sites (N-methyl/N-ethyl adjacent to an activating group) is 1. The Hall–Kier alpha value is -1.01. The average Bonchev–Trinajstić information content (AvgIpc) is 2.98. The van der Waals surface area contributed by atoms with Gasteiger partial charge in [0, 0.05) is 17.4 Å². The van der Waals surface area contributed by atoms with Crippen molar-refractivity contribution >= 4 is 23.5 Å². The van der Waals surface area contributed by atoms with E-state index in [1.807, 2.05) is 18.8 Å². The van der Waals surface area contributed by atoms with Crippen LogP contribution in [0.5, 0.6) is 0 Å². The van der Waals surface area contributed by atoms with Gasteiger partial charge in [-0.25, -0.2) is 0 Å².